The Morgan fingerprint density at radius 2 is 1.71 bits per heavy atom. The molecular weight excluding hydrogens is 467 g/mol. The maximum Gasteiger partial charge on any atom is 0.343 e. The van der Waals surface area contributed by atoms with Crippen LogP contribution in [0.1, 0.15) is 32.7 Å². The summed E-state index contributed by atoms with van der Waals surface area (Å²) < 4.78 is 14.2. The van der Waals surface area contributed by atoms with Crippen LogP contribution in [0.15, 0.2) is 30.6 Å². The third-order valence-electron chi connectivity index (χ3n) is 6.13. The molecule has 0 spiro atoms. The van der Waals surface area contributed by atoms with Crippen molar-refractivity contribution in [3.8, 4) is 0 Å². The number of pyridine rings is 1. The molecular formula is C22H20ClFN6O4. The first-order chi connectivity index (χ1) is 16.3. The van der Waals surface area contributed by atoms with Crippen LogP contribution in [0, 0.1) is 5.82 Å². The molecule has 5 amide bonds. The lowest BCUT2D eigenvalue weighted by Crippen LogP contribution is -2.58. The second kappa shape index (κ2) is 8.65. The molecule has 0 radical (unpaired) electrons. The molecule has 1 aromatic heterocycles. The van der Waals surface area contributed by atoms with E-state index in [2.05, 4.69) is 15.2 Å². The molecule has 0 aliphatic carbocycles. The molecule has 3 aliphatic heterocycles. The summed E-state index contributed by atoms with van der Waals surface area (Å²) in [7, 11) is 0. The number of aromatic nitrogens is 1. The van der Waals surface area contributed by atoms with Crippen LogP contribution in [-0.2, 0) is 11.3 Å². The van der Waals surface area contributed by atoms with Crippen molar-refractivity contribution in [1.82, 2.24) is 25.2 Å². The Morgan fingerprint density at radius 1 is 0.971 bits per heavy atom. The number of carbonyl (C=O) groups excluding carboxylic acids is 4. The number of fused-ring (bicyclic) bond motifs is 1. The van der Waals surface area contributed by atoms with Crippen molar-refractivity contribution < 1.29 is 23.6 Å². The Morgan fingerprint density at radius 3 is 2.41 bits per heavy atom. The maximum absolute atomic E-state index is 14.2. The number of halogens is 2. The van der Waals surface area contributed by atoms with E-state index in [0.29, 0.717) is 38.4 Å². The lowest BCUT2D eigenvalue weighted by molar-refractivity contribution is -0.122. The fraction of sp³-hybridized carbons (Fsp3) is 0.318. The predicted molar refractivity (Wildman–Crippen MR) is 118 cm³/mol. The summed E-state index contributed by atoms with van der Waals surface area (Å²) in [4.78, 5) is 57.1. The zero-order chi connectivity index (χ0) is 24.0. The number of nitrogens with zero attached hydrogens (tertiary/aromatic N) is 5. The van der Waals surface area contributed by atoms with E-state index in [1.807, 2.05) is 4.90 Å². The minimum Gasteiger partial charge on any atom is -0.365 e. The minimum atomic E-state index is -0.797. The highest BCUT2D eigenvalue weighted by molar-refractivity contribution is 6.33. The van der Waals surface area contributed by atoms with Crippen molar-refractivity contribution in [2.24, 2.45) is 0 Å². The fourth-order valence-electron chi connectivity index (χ4n) is 4.43. The smallest absolute Gasteiger partial charge is 0.343 e. The summed E-state index contributed by atoms with van der Waals surface area (Å²) in [5.41, 5.74) is 1.62. The monoisotopic (exact) mass is 486 g/mol. The largest absolute Gasteiger partial charge is 0.365 e. The lowest BCUT2D eigenvalue weighted by Gasteiger charge is -2.36. The van der Waals surface area contributed by atoms with Crippen molar-refractivity contribution in [3.63, 3.8) is 0 Å². The number of carbonyl (C=O) groups is 4. The summed E-state index contributed by atoms with van der Waals surface area (Å²) in [6.07, 6.45) is 2.57. The molecule has 2 saturated heterocycles. The van der Waals surface area contributed by atoms with Gasteiger partial charge in [-0.25, -0.2) is 14.2 Å². The predicted octanol–water partition coefficient (Wildman–Crippen LogP) is 1.65. The third kappa shape index (κ3) is 3.86. The van der Waals surface area contributed by atoms with Crippen LogP contribution >= 0.6 is 11.6 Å². The van der Waals surface area contributed by atoms with Crippen LogP contribution in [0.3, 0.4) is 0 Å². The number of anilines is 1. The quantitative estimate of drug-likeness (QED) is 0.655. The summed E-state index contributed by atoms with van der Waals surface area (Å²) in [5, 5.41) is 4.15. The molecule has 10 nitrogen and oxygen atoms in total. The molecule has 0 atom stereocenters. The van der Waals surface area contributed by atoms with Crippen LogP contribution in [0.4, 0.5) is 14.9 Å². The van der Waals surface area contributed by atoms with Gasteiger partial charge in [0.15, 0.2) is 5.82 Å². The molecule has 0 unspecified atom stereocenters. The Balaban J connectivity index is 1.26. The summed E-state index contributed by atoms with van der Waals surface area (Å²) >= 11 is 6.13. The number of nitrogens with one attached hydrogen (secondary N) is 1. The first-order valence-corrected chi connectivity index (χ1v) is 11.1. The van der Waals surface area contributed by atoms with Crippen LogP contribution in [0.5, 0.6) is 0 Å². The second-order valence-corrected chi connectivity index (χ2v) is 8.65. The number of benzene rings is 1. The van der Waals surface area contributed by atoms with Crippen LogP contribution in [0.25, 0.3) is 0 Å². The van der Waals surface area contributed by atoms with E-state index < -0.39 is 29.6 Å². The molecule has 2 fully saturated rings. The van der Waals surface area contributed by atoms with Gasteiger partial charge in [-0.1, -0.05) is 17.7 Å². The van der Waals surface area contributed by atoms with Crippen LogP contribution < -0.4 is 10.2 Å². The second-order valence-electron chi connectivity index (χ2n) is 8.24. The van der Waals surface area contributed by atoms with Gasteiger partial charge in [0.2, 0.25) is 5.91 Å². The number of urea groups is 1. The number of imide groups is 2. The number of amides is 5. The Labute approximate surface area is 198 Å². The molecule has 176 valence electrons. The van der Waals surface area contributed by atoms with Gasteiger partial charge in [0.25, 0.3) is 11.8 Å². The summed E-state index contributed by atoms with van der Waals surface area (Å²) in [5.74, 6) is -2.10. The first-order valence-electron chi connectivity index (χ1n) is 10.7. The van der Waals surface area contributed by atoms with Crippen molar-refractivity contribution in [2.45, 2.75) is 13.0 Å². The first kappa shape index (κ1) is 22.2. The summed E-state index contributed by atoms with van der Waals surface area (Å²) in [6.45, 7) is 2.93. The highest BCUT2D eigenvalue weighted by Gasteiger charge is 2.43. The van der Waals surface area contributed by atoms with E-state index in [1.54, 1.807) is 18.2 Å². The average Bonchev–Trinajstić information content (AvgIpc) is 3.05. The lowest BCUT2D eigenvalue weighted by atomic mass is 10.1. The number of piperazine rings is 1. The van der Waals surface area contributed by atoms with E-state index in [1.165, 1.54) is 6.20 Å². The van der Waals surface area contributed by atoms with Crippen LogP contribution in [0.2, 0.25) is 5.02 Å². The number of rotatable bonds is 4. The standard InChI is InChI=1S/C22H20ClFN6O4/c23-16-10-25-11-17(24)19(16)28-7-5-27(6-8-28)12-13-1-2-14-15(9-13)21(33)30(20(14)32)29-4-3-18(31)26-22(29)34/h1-2,9-11H,3-8,12H2,(H,26,31,34). The van der Waals surface area contributed by atoms with Crippen molar-refractivity contribution in [3.05, 3.63) is 58.1 Å². The molecule has 1 N–H and O–H groups in total. The fourth-order valence-corrected chi connectivity index (χ4v) is 4.70. The average molecular weight is 487 g/mol. The van der Waals surface area contributed by atoms with Crippen molar-refractivity contribution in [2.75, 3.05) is 37.6 Å². The number of hydrazine groups is 1. The molecule has 0 bridgehead atoms. The molecule has 34 heavy (non-hydrogen) atoms. The van der Waals surface area contributed by atoms with Gasteiger partial charge in [0.05, 0.1) is 34.6 Å². The molecule has 1 aromatic carbocycles. The zero-order valence-corrected chi connectivity index (χ0v) is 18.7. The maximum atomic E-state index is 14.2. The van der Waals surface area contributed by atoms with Gasteiger partial charge in [-0.05, 0) is 17.7 Å². The van der Waals surface area contributed by atoms with Crippen molar-refractivity contribution in [1.29, 1.82) is 0 Å². The van der Waals surface area contributed by atoms with Gasteiger partial charge in [-0.15, -0.1) is 0 Å². The van der Waals surface area contributed by atoms with E-state index in [0.717, 1.165) is 21.8 Å². The molecule has 3 aliphatic rings. The molecule has 4 heterocycles. The number of hydrogen-bond acceptors (Lipinski definition) is 7. The topological polar surface area (TPSA) is 106 Å². The van der Waals surface area contributed by atoms with Crippen molar-refractivity contribution >= 4 is 41.0 Å². The molecule has 12 heteroatoms. The zero-order valence-electron chi connectivity index (χ0n) is 18.0. The van der Waals surface area contributed by atoms with E-state index in [9.17, 15) is 23.6 Å². The molecule has 5 rings (SSSR count). The van der Waals surface area contributed by atoms with E-state index >= 15 is 0 Å². The van der Waals surface area contributed by atoms with Gasteiger partial charge in [-0.2, -0.15) is 5.01 Å². The van der Waals surface area contributed by atoms with Gasteiger partial charge >= 0.3 is 6.03 Å². The highest BCUT2D eigenvalue weighted by atomic mass is 35.5. The minimum absolute atomic E-state index is 0.00494. The Hall–Kier alpha value is -3.57. The molecule has 2 aromatic rings. The van der Waals surface area contributed by atoms with Gasteiger partial charge in [0.1, 0.15) is 0 Å². The summed E-state index contributed by atoms with van der Waals surface area (Å²) in [6, 6.07) is 4.22. The van der Waals surface area contributed by atoms with Gasteiger partial charge in [-0.3, -0.25) is 29.6 Å². The third-order valence-corrected chi connectivity index (χ3v) is 6.40. The molecule has 0 saturated carbocycles. The Kier molecular flexibility index (Phi) is 5.66. The highest BCUT2D eigenvalue weighted by Crippen LogP contribution is 2.30. The number of hydrogen-bond donors (Lipinski definition) is 1. The van der Waals surface area contributed by atoms with Gasteiger partial charge in [0, 0.05) is 45.3 Å². The van der Waals surface area contributed by atoms with E-state index in [4.69, 9.17) is 11.6 Å². The van der Waals surface area contributed by atoms with Gasteiger partial charge < -0.3 is 4.90 Å². The van der Waals surface area contributed by atoms with E-state index in [-0.39, 0.29) is 29.1 Å². The normalized spacial score (nSPS) is 19.1. The Bertz CT molecular complexity index is 1200. The van der Waals surface area contributed by atoms with Crippen LogP contribution in [-0.4, -0.2) is 76.4 Å². The SMILES string of the molecule is O=C1CCN(N2C(=O)c3ccc(CN4CCN(c5c(F)cncc5Cl)CC4)cc3C2=O)C(=O)N1.